The van der Waals surface area contributed by atoms with Crippen LogP contribution in [0.25, 0.3) is 0 Å². The minimum Gasteiger partial charge on any atom is -0.481 e. The van der Waals surface area contributed by atoms with Crippen molar-refractivity contribution in [2.24, 2.45) is 17.6 Å². The number of hydrogen-bond acceptors (Lipinski definition) is 9. The number of carboxylic acids is 2. The number of nitrogens with two attached hydrogens (primary N) is 1. The minimum atomic E-state index is -1.74. The molecular formula is C31H48N6O10. The van der Waals surface area contributed by atoms with Gasteiger partial charge in [0.1, 0.15) is 30.2 Å². The van der Waals surface area contributed by atoms with Gasteiger partial charge in [-0.15, -0.1) is 0 Å². The van der Waals surface area contributed by atoms with Gasteiger partial charge in [0.2, 0.25) is 29.5 Å². The molecule has 0 heterocycles. The Morgan fingerprint density at radius 1 is 0.681 bits per heavy atom. The highest BCUT2D eigenvalue weighted by Gasteiger charge is 2.33. The van der Waals surface area contributed by atoms with E-state index in [-0.39, 0.29) is 24.7 Å². The van der Waals surface area contributed by atoms with Crippen molar-refractivity contribution in [3.05, 3.63) is 35.9 Å². The summed E-state index contributed by atoms with van der Waals surface area (Å²) in [5.74, 6) is -7.51. The van der Waals surface area contributed by atoms with E-state index >= 15 is 0 Å². The smallest absolute Gasteiger partial charge is 0.326 e. The highest BCUT2D eigenvalue weighted by Crippen LogP contribution is 2.10. The largest absolute Gasteiger partial charge is 0.481 e. The van der Waals surface area contributed by atoms with E-state index in [2.05, 4.69) is 26.6 Å². The maximum absolute atomic E-state index is 13.6. The van der Waals surface area contributed by atoms with Crippen LogP contribution in [-0.2, 0) is 40.0 Å². The first-order chi connectivity index (χ1) is 21.8. The first-order valence-corrected chi connectivity index (χ1v) is 15.3. The lowest BCUT2D eigenvalue weighted by Crippen LogP contribution is -2.60. The molecule has 0 bridgehead atoms. The molecule has 16 heteroatoms. The highest BCUT2D eigenvalue weighted by molar-refractivity contribution is 5.96. The van der Waals surface area contributed by atoms with Gasteiger partial charge >= 0.3 is 11.9 Å². The zero-order chi connectivity index (χ0) is 36.0. The summed E-state index contributed by atoms with van der Waals surface area (Å²) >= 11 is 0. The van der Waals surface area contributed by atoms with E-state index in [4.69, 9.17) is 10.8 Å². The zero-order valence-electron chi connectivity index (χ0n) is 27.5. The van der Waals surface area contributed by atoms with Crippen molar-refractivity contribution in [1.29, 1.82) is 0 Å². The number of nitrogens with one attached hydrogen (secondary N) is 5. The van der Waals surface area contributed by atoms with Crippen molar-refractivity contribution in [3.63, 3.8) is 0 Å². The van der Waals surface area contributed by atoms with E-state index in [0.29, 0.717) is 5.56 Å². The van der Waals surface area contributed by atoms with Crippen LogP contribution in [0.3, 0.4) is 0 Å². The molecule has 0 aromatic heterocycles. The molecule has 1 rings (SSSR count). The van der Waals surface area contributed by atoms with Crippen molar-refractivity contribution in [2.75, 3.05) is 0 Å². The van der Waals surface area contributed by atoms with Crippen molar-refractivity contribution in [1.82, 2.24) is 26.6 Å². The molecule has 0 aliphatic heterocycles. The fourth-order valence-corrected chi connectivity index (χ4v) is 4.30. The third-order valence-electron chi connectivity index (χ3n) is 7.08. The lowest BCUT2D eigenvalue weighted by Gasteiger charge is -2.27. The average Bonchev–Trinajstić information content (AvgIpc) is 2.97. The van der Waals surface area contributed by atoms with Gasteiger partial charge in [-0.1, -0.05) is 58.0 Å². The summed E-state index contributed by atoms with van der Waals surface area (Å²) in [5, 5.41) is 40.6. The summed E-state index contributed by atoms with van der Waals surface area (Å²) in [6.45, 7) is 9.53. The molecule has 0 spiro atoms. The second kappa shape index (κ2) is 19.2. The molecule has 47 heavy (non-hydrogen) atoms. The van der Waals surface area contributed by atoms with Crippen LogP contribution in [0.4, 0.5) is 0 Å². The normalized spacial score (nSPS) is 15.6. The molecule has 0 fully saturated rings. The number of rotatable bonds is 19. The number of aliphatic hydroxyl groups excluding tert-OH is 1. The Kier molecular flexibility index (Phi) is 16.5. The summed E-state index contributed by atoms with van der Waals surface area (Å²) < 4.78 is 0. The fourth-order valence-electron chi connectivity index (χ4n) is 4.30. The minimum absolute atomic E-state index is 0.0364. The number of carbonyl (C=O) groups excluding carboxylic acids is 5. The van der Waals surface area contributed by atoms with Crippen LogP contribution in [0.5, 0.6) is 0 Å². The molecule has 0 aliphatic carbocycles. The van der Waals surface area contributed by atoms with Crippen LogP contribution in [0.2, 0.25) is 0 Å². The van der Waals surface area contributed by atoms with Crippen molar-refractivity contribution in [3.8, 4) is 0 Å². The van der Waals surface area contributed by atoms with E-state index in [9.17, 15) is 43.8 Å². The van der Waals surface area contributed by atoms with E-state index in [1.165, 1.54) is 13.8 Å². The summed E-state index contributed by atoms with van der Waals surface area (Å²) in [4.78, 5) is 87.8. The molecule has 5 amide bonds. The second-order valence-electron chi connectivity index (χ2n) is 12.2. The molecule has 1 aromatic carbocycles. The standard InChI is InChI=1S/C31H48N6O10/c1-15(2)12-20(27(42)36-22(31(46)47)14-23(39)40)35-28(43)21(13-19-10-8-7-9-11-19)34-26(41)17(5)33-30(45)25(18(6)38)37-29(44)24(32)16(3)4/h7-11,15-18,20-22,24-25,38H,12-14,32H2,1-6H3,(H,33,45)(H,34,41)(H,35,43)(H,36,42)(H,37,44)(H,39,40)(H,46,47)/t17-,18+,20-,21-,22-,24-,25-/m0/s1. The average molecular weight is 665 g/mol. The van der Waals surface area contributed by atoms with Gasteiger partial charge in [0, 0.05) is 6.42 Å². The lowest BCUT2D eigenvalue weighted by atomic mass is 10.0. The van der Waals surface area contributed by atoms with Gasteiger partial charge in [-0.2, -0.15) is 0 Å². The SMILES string of the molecule is CC(C)C[C@H](NC(=O)[C@H](Cc1ccccc1)NC(=O)[C@H](C)NC(=O)[C@@H](NC(=O)[C@@H](N)C(C)C)[C@@H](C)O)C(=O)N[C@@H](CC(=O)O)C(=O)O. The topological polar surface area (TPSA) is 266 Å². The molecule has 1 aromatic rings. The van der Waals surface area contributed by atoms with E-state index in [1.54, 1.807) is 58.0 Å². The number of hydrogen-bond donors (Lipinski definition) is 9. The summed E-state index contributed by atoms with van der Waals surface area (Å²) in [5.41, 5.74) is 6.48. The molecule has 0 saturated heterocycles. The van der Waals surface area contributed by atoms with Gasteiger partial charge < -0.3 is 47.6 Å². The quantitative estimate of drug-likeness (QED) is 0.0834. The highest BCUT2D eigenvalue weighted by atomic mass is 16.4. The molecular weight excluding hydrogens is 616 g/mol. The van der Waals surface area contributed by atoms with Crippen LogP contribution in [0.1, 0.15) is 59.9 Å². The van der Waals surface area contributed by atoms with Crippen molar-refractivity contribution in [2.45, 2.75) is 103 Å². The summed E-state index contributed by atoms with van der Waals surface area (Å²) in [6.07, 6.45) is -2.21. The van der Waals surface area contributed by atoms with Gasteiger partial charge in [-0.25, -0.2) is 4.79 Å². The molecule has 0 aliphatic rings. The fraction of sp³-hybridized carbons (Fsp3) is 0.581. The van der Waals surface area contributed by atoms with Crippen LogP contribution < -0.4 is 32.3 Å². The second-order valence-corrected chi connectivity index (χ2v) is 12.2. The van der Waals surface area contributed by atoms with Gasteiger partial charge in [-0.3, -0.25) is 28.8 Å². The maximum Gasteiger partial charge on any atom is 0.326 e. The predicted octanol–water partition coefficient (Wildman–Crippen LogP) is -1.36. The van der Waals surface area contributed by atoms with Gasteiger partial charge in [0.25, 0.3) is 0 Å². The van der Waals surface area contributed by atoms with Gasteiger partial charge in [0.15, 0.2) is 0 Å². The molecule has 10 N–H and O–H groups in total. The third kappa shape index (κ3) is 14.2. The van der Waals surface area contributed by atoms with Crippen molar-refractivity contribution < 1.29 is 48.9 Å². The van der Waals surface area contributed by atoms with Crippen LogP contribution >= 0.6 is 0 Å². The number of benzene rings is 1. The first-order valence-electron chi connectivity index (χ1n) is 15.3. The Morgan fingerprint density at radius 3 is 1.70 bits per heavy atom. The molecule has 7 atom stereocenters. The van der Waals surface area contributed by atoms with E-state index in [1.807, 2.05) is 0 Å². The lowest BCUT2D eigenvalue weighted by molar-refractivity contribution is -0.147. The Balaban J connectivity index is 3.18. The van der Waals surface area contributed by atoms with Crippen LogP contribution in [0, 0.1) is 11.8 Å². The predicted molar refractivity (Wildman–Crippen MR) is 169 cm³/mol. The third-order valence-corrected chi connectivity index (χ3v) is 7.08. The van der Waals surface area contributed by atoms with Crippen LogP contribution in [-0.4, -0.2) is 99.1 Å². The first kappa shape index (κ1) is 40.5. The Bertz CT molecular complexity index is 1260. The molecule has 0 saturated carbocycles. The number of carboxylic acid groups (broad SMARTS) is 2. The molecule has 0 unspecified atom stereocenters. The molecule has 262 valence electrons. The summed E-state index contributed by atoms with van der Waals surface area (Å²) in [6, 6.07) is 0.651. The Hall–Kier alpha value is -4.57. The zero-order valence-corrected chi connectivity index (χ0v) is 27.5. The van der Waals surface area contributed by atoms with E-state index in [0.717, 1.165) is 0 Å². The number of aliphatic hydroxyl groups is 1. The number of carbonyl (C=O) groups is 7. The Morgan fingerprint density at radius 2 is 1.21 bits per heavy atom. The van der Waals surface area contributed by atoms with Gasteiger partial charge in [0.05, 0.1) is 18.6 Å². The molecule has 16 nitrogen and oxygen atoms in total. The molecule has 0 radical (unpaired) electrons. The van der Waals surface area contributed by atoms with Gasteiger partial charge in [-0.05, 0) is 37.7 Å². The van der Waals surface area contributed by atoms with E-state index < -0.39 is 90.3 Å². The summed E-state index contributed by atoms with van der Waals surface area (Å²) in [7, 11) is 0. The maximum atomic E-state index is 13.6. The van der Waals surface area contributed by atoms with Crippen molar-refractivity contribution >= 4 is 41.5 Å². The number of amides is 5. The Labute approximate surface area is 273 Å². The monoisotopic (exact) mass is 664 g/mol. The number of aliphatic carboxylic acids is 2. The van der Waals surface area contributed by atoms with Crippen LogP contribution in [0.15, 0.2) is 30.3 Å².